The second-order valence-corrected chi connectivity index (χ2v) is 21.4. The first-order chi connectivity index (χ1) is 34.0. The van der Waals surface area contributed by atoms with Gasteiger partial charge in [0.2, 0.25) is 5.91 Å². The van der Waals surface area contributed by atoms with Crippen molar-refractivity contribution >= 4 is 11.9 Å². The summed E-state index contributed by atoms with van der Waals surface area (Å²) in [5, 5.41) is 23.1. The highest BCUT2D eigenvalue weighted by molar-refractivity contribution is 5.76. The Morgan fingerprint density at radius 2 is 0.681 bits per heavy atom. The van der Waals surface area contributed by atoms with Crippen molar-refractivity contribution in [1.29, 1.82) is 0 Å². The summed E-state index contributed by atoms with van der Waals surface area (Å²) in [4.78, 5) is 24.6. The molecule has 0 bridgehead atoms. The number of unbranched alkanes of at least 4 members (excludes halogenated alkanes) is 45. The SMILES string of the molecule is CCCCCCCCCCCCCCCC/C=C/C(O)C(CO)NC(=O)CCCCCCC/C=C\CCCCCCCCCCCOC(=O)CCCCCCCCCCCCCCCCCCCC. The van der Waals surface area contributed by atoms with Crippen molar-refractivity contribution in [1.82, 2.24) is 5.32 Å². The average molecular weight is 973 g/mol. The van der Waals surface area contributed by atoms with Crippen molar-refractivity contribution in [2.24, 2.45) is 0 Å². The summed E-state index contributed by atoms with van der Waals surface area (Å²) in [7, 11) is 0. The molecule has 0 fully saturated rings. The smallest absolute Gasteiger partial charge is 0.305 e. The molecule has 0 aliphatic carbocycles. The zero-order valence-corrected chi connectivity index (χ0v) is 46.6. The fraction of sp³-hybridized carbons (Fsp3) is 0.905. The molecule has 0 rings (SSSR count). The fourth-order valence-corrected chi connectivity index (χ4v) is 9.69. The molecule has 0 heterocycles. The number of hydrogen-bond donors (Lipinski definition) is 3. The molecule has 0 aromatic carbocycles. The molecule has 408 valence electrons. The van der Waals surface area contributed by atoms with E-state index in [0.717, 1.165) is 57.8 Å². The molecule has 3 N–H and O–H groups in total. The van der Waals surface area contributed by atoms with Crippen molar-refractivity contribution in [3.05, 3.63) is 24.3 Å². The van der Waals surface area contributed by atoms with E-state index in [1.807, 2.05) is 6.08 Å². The minimum Gasteiger partial charge on any atom is -0.466 e. The Balaban J connectivity index is 3.44. The Hall–Kier alpha value is -1.66. The molecular formula is C63H121NO5. The van der Waals surface area contributed by atoms with E-state index in [2.05, 4.69) is 31.3 Å². The third-order valence-corrected chi connectivity index (χ3v) is 14.5. The number of esters is 1. The summed E-state index contributed by atoms with van der Waals surface area (Å²) in [6, 6.07) is -0.638. The largest absolute Gasteiger partial charge is 0.466 e. The van der Waals surface area contributed by atoms with E-state index in [1.54, 1.807) is 6.08 Å². The molecule has 0 saturated carbocycles. The number of carbonyl (C=O) groups is 2. The summed E-state index contributed by atoms with van der Waals surface area (Å²) in [5.41, 5.74) is 0. The van der Waals surface area contributed by atoms with Crippen molar-refractivity contribution in [3.8, 4) is 0 Å². The molecule has 0 aromatic rings. The van der Waals surface area contributed by atoms with Gasteiger partial charge < -0.3 is 20.3 Å². The van der Waals surface area contributed by atoms with Crippen molar-refractivity contribution in [3.63, 3.8) is 0 Å². The molecule has 0 aliphatic rings. The second kappa shape index (κ2) is 58.9. The number of hydrogen-bond acceptors (Lipinski definition) is 5. The zero-order chi connectivity index (χ0) is 50.0. The maximum atomic E-state index is 12.5. The molecule has 0 saturated heterocycles. The van der Waals surface area contributed by atoms with E-state index in [0.29, 0.717) is 19.4 Å². The van der Waals surface area contributed by atoms with E-state index in [9.17, 15) is 19.8 Å². The van der Waals surface area contributed by atoms with Crippen LogP contribution < -0.4 is 5.32 Å². The van der Waals surface area contributed by atoms with Gasteiger partial charge in [-0.25, -0.2) is 0 Å². The molecule has 2 unspecified atom stereocenters. The minimum absolute atomic E-state index is 0.00689. The van der Waals surface area contributed by atoms with Crippen LogP contribution in [0.25, 0.3) is 0 Å². The van der Waals surface area contributed by atoms with Gasteiger partial charge in [0.1, 0.15) is 0 Å². The lowest BCUT2D eigenvalue weighted by Crippen LogP contribution is -2.45. The standard InChI is InChI=1S/C63H121NO5/c1-3-5-7-9-11-13-15-17-19-21-25-29-33-37-41-45-49-53-57-63(68)69-58-54-50-46-42-38-34-30-26-23-22-24-28-32-36-40-44-48-52-56-62(67)64-60(59-65)61(66)55-51-47-43-39-35-31-27-20-18-16-14-12-10-8-6-4-2/h24,28,51,55,60-61,65-66H,3-23,25-27,29-50,52-54,56-59H2,1-2H3,(H,64,67)/b28-24-,55-51+. The van der Waals surface area contributed by atoms with Gasteiger partial charge in [-0.1, -0.05) is 295 Å². The Bertz CT molecular complexity index is 1080. The van der Waals surface area contributed by atoms with Gasteiger partial charge in [-0.05, 0) is 57.8 Å². The third-order valence-electron chi connectivity index (χ3n) is 14.5. The zero-order valence-electron chi connectivity index (χ0n) is 46.6. The van der Waals surface area contributed by atoms with E-state index in [4.69, 9.17) is 4.74 Å². The van der Waals surface area contributed by atoms with Crippen LogP contribution in [-0.2, 0) is 14.3 Å². The van der Waals surface area contributed by atoms with E-state index < -0.39 is 12.1 Å². The van der Waals surface area contributed by atoms with Crippen LogP contribution in [-0.4, -0.2) is 47.4 Å². The molecule has 6 heteroatoms. The van der Waals surface area contributed by atoms with Crippen molar-refractivity contribution in [2.45, 2.75) is 353 Å². The summed E-state index contributed by atoms with van der Waals surface area (Å²) in [6.07, 6.45) is 72.1. The topological polar surface area (TPSA) is 95.9 Å². The molecule has 1 amide bonds. The number of rotatable bonds is 58. The Morgan fingerprint density at radius 3 is 1.03 bits per heavy atom. The molecule has 6 nitrogen and oxygen atoms in total. The number of allylic oxidation sites excluding steroid dienone is 3. The van der Waals surface area contributed by atoms with Gasteiger partial charge in [0, 0.05) is 12.8 Å². The average Bonchev–Trinajstić information content (AvgIpc) is 3.35. The predicted octanol–water partition coefficient (Wildman–Crippen LogP) is 19.4. The number of aliphatic hydroxyl groups excluding tert-OH is 2. The quantitative estimate of drug-likeness (QED) is 0.0321. The van der Waals surface area contributed by atoms with Gasteiger partial charge in [-0.3, -0.25) is 9.59 Å². The van der Waals surface area contributed by atoms with Crippen LogP contribution >= 0.6 is 0 Å². The first kappa shape index (κ1) is 67.3. The molecular weight excluding hydrogens is 851 g/mol. The number of ether oxygens (including phenoxy) is 1. The summed E-state index contributed by atoms with van der Waals surface area (Å²) in [5.74, 6) is -0.0734. The van der Waals surface area contributed by atoms with Gasteiger partial charge in [-0.15, -0.1) is 0 Å². The summed E-state index contributed by atoms with van der Waals surface area (Å²) in [6.45, 7) is 4.91. The Morgan fingerprint density at radius 1 is 0.391 bits per heavy atom. The highest BCUT2D eigenvalue weighted by Gasteiger charge is 2.18. The monoisotopic (exact) mass is 972 g/mol. The highest BCUT2D eigenvalue weighted by atomic mass is 16.5. The van der Waals surface area contributed by atoms with Gasteiger partial charge in [0.15, 0.2) is 0 Å². The number of carbonyl (C=O) groups excluding carboxylic acids is 2. The maximum absolute atomic E-state index is 12.5. The Labute approximate surface area is 431 Å². The van der Waals surface area contributed by atoms with Crippen LogP contribution in [0.3, 0.4) is 0 Å². The summed E-state index contributed by atoms with van der Waals surface area (Å²) >= 11 is 0. The molecule has 0 radical (unpaired) electrons. The molecule has 0 aromatic heterocycles. The molecule has 0 spiro atoms. The van der Waals surface area contributed by atoms with Gasteiger partial charge >= 0.3 is 5.97 Å². The van der Waals surface area contributed by atoms with Gasteiger partial charge in [0.05, 0.1) is 25.4 Å². The first-order valence-corrected chi connectivity index (χ1v) is 31.1. The normalized spacial score (nSPS) is 12.7. The van der Waals surface area contributed by atoms with Crippen LogP contribution in [0.1, 0.15) is 341 Å². The molecule has 2 atom stereocenters. The maximum Gasteiger partial charge on any atom is 0.305 e. The van der Waals surface area contributed by atoms with E-state index in [1.165, 1.54) is 257 Å². The Kier molecular flexibility index (Phi) is 57.5. The van der Waals surface area contributed by atoms with E-state index >= 15 is 0 Å². The second-order valence-electron chi connectivity index (χ2n) is 21.4. The van der Waals surface area contributed by atoms with Crippen molar-refractivity contribution in [2.75, 3.05) is 13.2 Å². The number of nitrogens with one attached hydrogen (secondary N) is 1. The fourth-order valence-electron chi connectivity index (χ4n) is 9.69. The van der Waals surface area contributed by atoms with E-state index in [-0.39, 0.29) is 18.5 Å². The minimum atomic E-state index is -0.853. The van der Waals surface area contributed by atoms with Gasteiger partial charge in [-0.2, -0.15) is 0 Å². The highest BCUT2D eigenvalue weighted by Crippen LogP contribution is 2.17. The van der Waals surface area contributed by atoms with Crippen molar-refractivity contribution < 1.29 is 24.5 Å². The van der Waals surface area contributed by atoms with Gasteiger partial charge in [0.25, 0.3) is 0 Å². The lowest BCUT2D eigenvalue weighted by molar-refractivity contribution is -0.143. The summed E-state index contributed by atoms with van der Waals surface area (Å²) < 4.78 is 5.49. The first-order valence-electron chi connectivity index (χ1n) is 31.1. The molecule has 0 aliphatic heterocycles. The molecule has 69 heavy (non-hydrogen) atoms. The van der Waals surface area contributed by atoms with Crippen LogP contribution in [0.4, 0.5) is 0 Å². The predicted molar refractivity (Wildman–Crippen MR) is 301 cm³/mol. The number of amides is 1. The third kappa shape index (κ3) is 55.5. The van der Waals surface area contributed by atoms with Crippen LogP contribution in [0, 0.1) is 0 Å². The van der Waals surface area contributed by atoms with Crippen LogP contribution in [0.5, 0.6) is 0 Å². The lowest BCUT2D eigenvalue weighted by Gasteiger charge is -2.20. The lowest BCUT2D eigenvalue weighted by atomic mass is 10.0. The number of aliphatic hydroxyl groups is 2. The van der Waals surface area contributed by atoms with Crippen LogP contribution in [0.15, 0.2) is 24.3 Å². The van der Waals surface area contributed by atoms with Crippen LogP contribution in [0.2, 0.25) is 0 Å².